The minimum Gasteiger partial charge on any atom is -0.450 e. The van der Waals surface area contributed by atoms with Gasteiger partial charge in [-0.05, 0) is 31.9 Å². The molecule has 0 saturated heterocycles. The highest BCUT2D eigenvalue weighted by Crippen LogP contribution is 2.08. The zero-order valence-electron chi connectivity index (χ0n) is 15.5. The number of thioether (sulfide) groups is 1. The predicted molar refractivity (Wildman–Crippen MR) is 108 cm³/mol. The van der Waals surface area contributed by atoms with E-state index in [-0.39, 0.29) is 0 Å². The lowest BCUT2D eigenvalue weighted by Gasteiger charge is -2.11. The Labute approximate surface area is 163 Å². The van der Waals surface area contributed by atoms with Gasteiger partial charge in [0.05, 0.1) is 18.6 Å². The lowest BCUT2D eigenvalue weighted by molar-refractivity contribution is 0.157. The maximum atomic E-state index is 11.7. The Morgan fingerprint density at radius 2 is 2.33 bits per heavy atom. The number of nitrogens with one attached hydrogen (secondary N) is 3. The second kappa shape index (κ2) is 12.7. The smallest absolute Gasteiger partial charge is 0.413 e. The summed E-state index contributed by atoms with van der Waals surface area (Å²) >= 11 is 1.77. The molecule has 0 bridgehead atoms. The van der Waals surface area contributed by atoms with Crippen molar-refractivity contribution in [3.63, 3.8) is 0 Å². The van der Waals surface area contributed by atoms with Crippen molar-refractivity contribution in [2.45, 2.75) is 25.5 Å². The molecule has 146 valence electrons. The molecular weight excluding hydrogens is 364 g/mol. The molecule has 3 N–H and O–H groups in total. The van der Waals surface area contributed by atoms with E-state index in [1.54, 1.807) is 37.4 Å². The van der Waals surface area contributed by atoms with Crippen LogP contribution < -0.4 is 10.6 Å². The summed E-state index contributed by atoms with van der Waals surface area (Å²) in [7, 11) is 0. The molecule has 8 nitrogen and oxygen atoms in total. The molecule has 0 fully saturated rings. The van der Waals surface area contributed by atoms with Gasteiger partial charge in [0.1, 0.15) is 0 Å². The molecule has 0 unspecified atom stereocenters. The predicted octanol–water partition coefficient (Wildman–Crippen LogP) is 2.36. The van der Waals surface area contributed by atoms with Crippen molar-refractivity contribution in [2.75, 3.05) is 25.4 Å². The quantitative estimate of drug-likeness (QED) is 0.327. The van der Waals surface area contributed by atoms with Gasteiger partial charge in [0, 0.05) is 42.7 Å². The third-order valence-corrected chi connectivity index (χ3v) is 4.43. The van der Waals surface area contributed by atoms with Gasteiger partial charge in [0.2, 0.25) is 5.96 Å². The fourth-order valence-electron chi connectivity index (χ4n) is 2.19. The van der Waals surface area contributed by atoms with Crippen LogP contribution in [0.3, 0.4) is 0 Å². The highest BCUT2D eigenvalue weighted by atomic mass is 32.2. The molecule has 0 aliphatic rings. The van der Waals surface area contributed by atoms with Gasteiger partial charge in [-0.2, -0.15) is 11.8 Å². The molecule has 0 atom stereocenters. The number of imidazole rings is 1. The second-order valence-corrected chi connectivity index (χ2v) is 6.66. The number of amides is 1. The first-order chi connectivity index (χ1) is 13.3. The Kier molecular flexibility index (Phi) is 9.80. The lowest BCUT2D eigenvalue weighted by atomic mass is 10.2. The number of aromatic amines is 1. The number of hydrogen-bond donors (Lipinski definition) is 3. The maximum absolute atomic E-state index is 11.7. The SMILES string of the molecule is CCOC(=O)NC(=NCCCc1cnc[nH]1)NCCSCc1ccccn1. The number of nitrogens with zero attached hydrogens (tertiary/aromatic N) is 3. The fourth-order valence-corrected chi connectivity index (χ4v) is 2.96. The van der Waals surface area contributed by atoms with Crippen molar-refractivity contribution in [2.24, 2.45) is 4.99 Å². The van der Waals surface area contributed by atoms with Crippen molar-refractivity contribution < 1.29 is 9.53 Å². The van der Waals surface area contributed by atoms with Crippen LogP contribution in [-0.2, 0) is 16.9 Å². The number of aromatic nitrogens is 3. The normalized spacial score (nSPS) is 11.2. The largest absolute Gasteiger partial charge is 0.450 e. The average molecular weight is 391 g/mol. The standard InChI is InChI=1S/C18H26N6O2S/c1-2-26-18(25)24-17(21-9-5-7-15-12-19-14-23-15)22-10-11-27-13-16-6-3-4-8-20-16/h3-4,6,8,12,14H,2,5,7,9-11,13H2,1H3,(H,19,23)(H2,21,22,24,25). The molecule has 0 aliphatic carbocycles. The van der Waals surface area contributed by atoms with Crippen LogP contribution in [0.1, 0.15) is 24.7 Å². The highest BCUT2D eigenvalue weighted by Gasteiger charge is 2.06. The molecule has 0 radical (unpaired) electrons. The molecule has 2 heterocycles. The number of rotatable bonds is 10. The molecule has 2 rings (SSSR count). The van der Waals surface area contributed by atoms with E-state index in [0.29, 0.717) is 25.7 Å². The summed E-state index contributed by atoms with van der Waals surface area (Å²) in [4.78, 5) is 27.5. The van der Waals surface area contributed by atoms with Crippen LogP contribution in [0.2, 0.25) is 0 Å². The third kappa shape index (κ3) is 9.09. The number of carbonyl (C=O) groups excluding carboxylic acids is 1. The summed E-state index contributed by atoms with van der Waals surface area (Å²) in [5.41, 5.74) is 2.13. The molecule has 9 heteroatoms. The van der Waals surface area contributed by atoms with Gasteiger partial charge >= 0.3 is 6.09 Å². The highest BCUT2D eigenvalue weighted by molar-refractivity contribution is 7.98. The van der Waals surface area contributed by atoms with Gasteiger partial charge in [0.25, 0.3) is 0 Å². The molecule has 2 aromatic rings. The number of H-pyrrole nitrogens is 1. The minimum absolute atomic E-state index is 0.318. The van der Waals surface area contributed by atoms with E-state index in [1.807, 2.05) is 18.2 Å². The zero-order valence-corrected chi connectivity index (χ0v) is 16.3. The maximum Gasteiger partial charge on any atom is 0.413 e. The van der Waals surface area contributed by atoms with Crippen LogP contribution >= 0.6 is 11.8 Å². The summed E-state index contributed by atoms with van der Waals surface area (Å²) in [6.45, 7) is 3.36. The lowest BCUT2D eigenvalue weighted by Crippen LogP contribution is -2.42. The number of aryl methyl sites for hydroxylation is 1. The summed E-state index contributed by atoms with van der Waals surface area (Å²) in [5.74, 6) is 2.16. The number of carbonyl (C=O) groups is 1. The first-order valence-corrected chi connectivity index (χ1v) is 10.1. The fraction of sp³-hybridized carbons (Fsp3) is 0.444. The van der Waals surface area contributed by atoms with Crippen LogP contribution in [0.25, 0.3) is 0 Å². The molecule has 2 aromatic heterocycles. The summed E-state index contributed by atoms with van der Waals surface area (Å²) < 4.78 is 4.93. The van der Waals surface area contributed by atoms with Crippen LogP contribution in [-0.4, -0.2) is 52.5 Å². The number of guanidine groups is 1. The molecule has 0 aliphatic heterocycles. The summed E-state index contributed by atoms with van der Waals surface area (Å²) in [6, 6.07) is 5.90. The van der Waals surface area contributed by atoms with E-state index in [2.05, 4.69) is 30.6 Å². The molecule has 0 aromatic carbocycles. The minimum atomic E-state index is -0.501. The first-order valence-electron chi connectivity index (χ1n) is 8.95. The number of aliphatic imine (C=N–C) groups is 1. The number of pyridine rings is 1. The molecule has 1 amide bonds. The van der Waals surface area contributed by atoms with E-state index in [0.717, 1.165) is 35.7 Å². The summed E-state index contributed by atoms with van der Waals surface area (Å²) in [5, 5.41) is 5.82. The average Bonchev–Trinajstić information content (AvgIpc) is 3.19. The number of ether oxygens (including phenoxy) is 1. The van der Waals surface area contributed by atoms with E-state index < -0.39 is 6.09 Å². The van der Waals surface area contributed by atoms with Crippen molar-refractivity contribution in [1.82, 2.24) is 25.6 Å². The Morgan fingerprint density at radius 3 is 3.07 bits per heavy atom. The van der Waals surface area contributed by atoms with E-state index in [9.17, 15) is 4.79 Å². The van der Waals surface area contributed by atoms with E-state index >= 15 is 0 Å². The Morgan fingerprint density at radius 1 is 1.41 bits per heavy atom. The second-order valence-electron chi connectivity index (χ2n) is 5.56. The van der Waals surface area contributed by atoms with Crippen LogP contribution in [0, 0.1) is 0 Å². The topological polar surface area (TPSA) is 104 Å². The Bertz CT molecular complexity index is 678. The third-order valence-electron chi connectivity index (χ3n) is 3.44. The zero-order chi connectivity index (χ0) is 19.2. The van der Waals surface area contributed by atoms with Gasteiger partial charge in [-0.25, -0.2) is 9.78 Å². The molecule has 27 heavy (non-hydrogen) atoms. The summed E-state index contributed by atoms with van der Waals surface area (Å²) in [6.07, 6.45) is 6.47. The van der Waals surface area contributed by atoms with Gasteiger partial charge < -0.3 is 15.0 Å². The van der Waals surface area contributed by atoms with Crippen molar-refractivity contribution in [1.29, 1.82) is 0 Å². The molecule has 0 spiro atoms. The number of alkyl carbamates (subject to hydrolysis) is 1. The molecule has 0 saturated carbocycles. The molecular formula is C18H26N6O2S. The van der Waals surface area contributed by atoms with Crippen LogP contribution in [0.4, 0.5) is 4.79 Å². The number of hydrogen-bond acceptors (Lipinski definition) is 6. The Hall–Kier alpha value is -2.55. The van der Waals surface area contributed by atoms with Gasteiger partial charge in [-0.3, -0.25) is 15.3 Å². The first kappa shape index (κ1) is 20.8. The van der Waals surface area contributed by atoms with Crippen molar-refractivity contribution in [3.8, 4) is 0 Å². The van der Waals surface area contributed by atoms with Crippen LogP contribution in [0.5, 0.6) is 0 Å². The van der Waals surface area contributed by atoms with Crippen molar-refractivity contribution >= 4 is 23.8 Å². The monoisotopic (exact) mass is 390 g/mol. The van der Waals surface area contributed by atoms with Gasteiger partial charge in [-0.15, -0.1) is 0 Å². The van der Waals surface area contributed by atoms with Gasteiger partial charge in [-0.1, -0.05) is 6.07 Å². The van der Waals surface area contributed by atoms with Crippen molar-refractivity contribution in [3.05, 3.63) is 48.3 Å². The van der Waals surface area contributed by atoms with E-state index in [1.165, 1.54) is 0 Å². The van der Waals surface area contributed by atoms with Gasteiger partial charge in [0.15, 0.2) is 0 Å². The van der Waals surface area contributed by atoms with Crippen LogP contribution in [0.15, 0.2) is 41.9 Å². The van der Waals surface area contributed by atoms with E-state index in [4.69, 9.17) is 4.74 Å². The Balaban J connectivity index is 1.71.